The number of pyridine rings is 1. The number of alkyl halides is 3. The minimum absolute atomic E-state index is 0.175. The molecule has 6 nitrogen and oxygen atoms in total. The number of benzene rings is 2. The second-order valence-corrected chi connectivity index (χ2v) is 7.48. The van der Waals surface area contributed by atoms with Crippen LogP contribution in [-0.2, 0) is 11.0 Å². The summed E-state index contributed by atoms with van der Waals surface area (Å²) in [6.07, 6.45) is 1.05. The molecule has 4 aromatic rings. The molecule has 0 fully saturated rings. The molecule has 178 valence electrons. The lowest BCUT2D eigenvalue weighted by atomic mass is 10.1. The number of aromatic amines is 1. The van der Waals surface area contributed by atoms with Crippen LogP contribution in [0.3, 0.4) is 0 Å². The van der Waals surface area contributed by atoms with E-state index in [1.807, 2.05) is 6.92 Å². The Balaban J connectivity index is 1.43. The third kappa shape index (κ3) is 6.11. The van der Waals surface area contributed by atoms with Gasteiger partial charge in [-0.25, -0.2) is 9.37 Å². The third-order valence-electron chi connectivity index (χ3n) is 4.74. The minimum Gasteiger partial charge on any atom is -0.457 e. The van der Waals surface area contributed by atoms with Gasteiger partial charge in [0.25, 0.3) is 0 Å². The average molecular weight is 482 g/mol. The number of aromatic nitrogens is 3. The Morgan fingerprint density at radius 1 is 1.06 bits per heavy atom. The van der Waals surface area contributed by atoms with E-state index in [-0.39, 0.29) is 5.69 Å². The number of nitrogens with zero attached hydrogens (tertiary/aromatic N) is 2. The summed E-state index contributed by atoms with van der Waals surface area (Å²) in [5.41, 5.74) is 0.495. The third-order valence-corrected chi connectivity index (χ3v) is 4.74. The molecule has 0 saturated carbocycles. The summed E-state index contributed by atoms with van der Waals surface area (Å²) in [5.74, 6) is -0.459. The normalized spacial score (nSPS) is 11.6. The predicted octanol–water partition coefficient (Wildman–Crippen LogP) is 6.38. The summed E-state index contributed by atoms with van der Waals surface area (Å²) in [5, 5.41) is 2.29. The highest BCUT2D eigenvalue weighted by molar-refractivity contribution is 6.02. The highest BCUT2D eigenvalue weighted by atomic mass is 19.4. The van der Waals surface area contributed by atoms with Crippen molar-refractivity contribution >= 4 is 17.7 Å². The molecule has 0 aliphatic carbocycles. The number of carbonyl (C=O) groups is 1. The van der Waals surface area contributed by atoms with Crippen molar-refractivity contribution in [1.29, 1.82) is 0 Å². The first-order valence-electron chi connectivity index (χ1n) is 10.3. The standard InChI is InChI=1S/C25H18F4N4O2/c1-15-14-31-24(32-15)22-13-19(9-10-30-22)35-18-4-2-3-16(11-18)5-8-23(34)33-17-6-7-21(26)20(12-17)25(27,28)29/h2-14H,1H3,(H,31,32)(H,33,34)/b8-5+. The first kappa shape index (κ1) is 23.7. The van der Waals surface area contributed by atoms with Crippen LogP contribution in [0.5, 0.6) is 11.5 Å². The summed E-state index contributed by atoms with van der Waals surface area (Å²) >= 11 is 0. The van der Waals surface area contributed by atoms with E-state index < -0.39 is 23.5 Å². The lowest BCUT2D eigenvalue weighted by Gasteiger charge is -2.10. The fraction of sp³-hybridized carbons (Fsp3) is 0.0800. The molecule has 2 heterocycles. The Labute approximate surface area is 197 Å². The largest absolute Gasteiger partial charge is 0.457 e. The van der Waals surface area contributed by atoms with E-state index in [4.69, 9.17) is 4.74 Å². The molecule has 0 unspecified atom stereocenters. The van der Waals surface area contributed by atoms with Gasteiger partial charge in [0.05, 0.1) is 5.56 Å². The molecule has 2 aromatic carbocycles. The van der Waals surface area contributed by atoms with Crippen molar-refractivity contribution in [2.75, 3.05) is 5.32 Å². The van der Waals surface area contributed by atoms with Crippen molar-refractivity contribution in [2.45, 2.75) is 13.1 Å². The maximum Gasteiger partial charge on any atom is 0.419 e. The molecule has 0 spiro atoms. The van der Waals surface area contributed by atoms with Crippen molar-refractivity contribution in [3.8, 4) is 23.0 Å². The second-order valence-electron chi connectivity index (χ2n) is 7.48. The number of carbonyl (C=O) groups excluding carboxylic acids is 1. The average Bonchev–Trinajstić information content (AvgIpc) is 3.25. The van der Waals surface area contributed by atoms with Crippen molar-refractivity contribution in [1.82, 2.24) is 15.0 Å². The number of ether oxygens (including phenoxy) is 1. The zero-order chi connectivity index (χ0) is 25.0. The van der Waals surface area contributed by atoms with Gasteiger partial charge in [0, 0.05) is 35.9 Å². The summed E-state index contributed by atoms with van der Waals surface area (Å²) < 4.78 is 57.9. The van der Waals surface area contributed by atoms with Gasteiger partial charge in [0.2, 0.25) is 5.91 Å². The first-order chi connectivity index (χ1) is 16.7. The van der Waals surface area contributed by atoms with Gasteiger partial charge in [0.1, 0.15) is 23.0 Å². The number of hydrogen-bond acceptors (Lipinski definition) is 4. The van der Waals surface area contributed by atoms with Crippen LogP contribution in [0, 0.1) is 12.7 Å². The smallest absolute Gasteiger partial charge is 0.419 e. The molecule has 0 saturated heterocycles. The van der Waals surface area contributed by atoms with Crippen LogP contribution >= 0.6 is 0 Å². The number of imidazole rings is 1. The summed E-state index contributed by atoms with van der Waals surface area (Å²) in [4.78, 5) is 23.8. The first-order valence-corrected chi connectivity index (χ1v) is 10.3. The molecule has 0 atom stereocenters. The zero-order valence-electron chi connectivity index (χ0n) is 18.2. The summed E-state index contributed by atoms with van der Waals surface area (Å²) in [6, 6.07) is 12.5. The SMILES string of the molecule is Cc1cnc(-c2cc(Oc3cccc(/C=C/C(=O)Nc4ccc(F)c(C(F)(F)F)c4)c3)ccn2)[nH]1. The van der Waals surface area contributed by atoms with Crippen LogP contribution in [0.4, 0.5) is 23.2 Å². The molecular weight excluding hydrogens is 464 g/mol. The van der Waals surface area contributed by atoms with Crippen LogP contribution in [0.25, 0.3) is 17.6 Å². The molecule has 0 aliphatic rings. The van der Waals surface area contributed by atoms with Crippen LogP contribution < -0.4 is 10.1 Å². The van der Waals surface area contributed by atoms with E-state index in [2.05, 4.69) is 20.3 Å². The van der Waals surface area contributed by atoms with E-state index in [1.165, 1.54) is 6.08 Å². The highest BCUT2D eigenvalue weighted by Gasteiger charge is 2.34. The molecule has 2 aromatic heterocycles. The zero-order valence-corrected chi connectivity index (χ0v) is 18.2. The highest BCUT2D eigenvalue weighted by Crippen LogP contribution is 2.33. The van der Waals surface area contributed by atoms with E-state index in [1.54, 1.807) is 48.8 Å². The van der Waals surface area contributed by atoms with Gasteiger partial charge < -0.3 is 15.0 Å². The predicted molar refractivity (Wildman–Crippen MR) is 122 cm³/mol. The monoisotopic (exact) mass is 482 g/mol. The molecule has 35 heavy (non-hydrogen) atoms. The number of aryl methyl sites for hydroxylation is 1. The fourth-order valence-corrected chi connectivity index (χ4v) is 3.14. The topological polar surface area (TPSA) is 79.9 Å². The number of amides is 1. The Morgan fingerprint density at radius 3 is 2.60 bits per heavy atom. The van der Waals surface area contributed by atoms with Gasteiger partial charge in [-0.2, -0.15) is 13.2 Å². The summed E-state index contributed by atoms with van der Waals surface area (Å²) in [7, 11) is 0. The lowest BCUT2D eigenvalue weighted by Crippen LogP contribution is -2.12. The lowest BCUT2D eigenvalue weighted by molar-refractivity contribution is -0.140. The second kappa shape index (κ2) is 9.80. The molecule has 1 amide bonds. The Bertz CT molecular complexity index is 1400. The fourth-order valence-electron chi connectivity index (χ4n) is 3.14. The number of nitrogens with one attached hydrogen (secondary N) is 2. The van der Waals surface area contributed by atoms with Crippen molar-refractivity contribution in [3.63, 3.8) is 0 Å². The quantitative estimate of drug-likeness (QED) is 0.247. The van der Waals surface area contributed by atoms with E-state index in [9.17, 15) is 22.4 Å². The molecule has 4 rings (SSSR count). The van der Waals surface area contributed by atoms with Crippen LogP contribution in [0.2, 0.25) is 0 Å². The molecule has 0 bridgehead atoms. The molecule has 2 N–H and O–H groups in total. The maximum absolute atomic E-state index is 13.4. The van der Waals surface area contributed by atoms with Crippen molar-refractivity contribution < 1.29 is 27.1 Å². The van der Waals surface area contributed by atoms with Gasteiger partial charge in [0.15, 0.2) is 5.82 Å². The number of anilines is 1. The van der Waals surface area contributed by atoms with Crippen molar-refractivity contribution in [2.24, 2.45) is 0 Å². The van der Waals surface area contributed by atoms with E-state index >= 15 is 0 Å². The number of halogens is 4. The van der Waals surface area contributed by atoms with Gasteiger partial charge in [-0.05, 0) is 55.0 Å². The van der Waals surface area contributed by atoms with Crippen molar-refractivity contribution in [3.05, 3.63) is 95.7 Å². The van der Waals surface area contributed by atoms with Crippen LogP contribution in [-0.4, -0.2) is 20.9 Å². The molecule has 0 aliphatic heterocycles. The molecule has 10 heteroatoms. The Morgan fingerprint density at radius 2 is 1.86 bits per heavy atom. The molecular formula is C25H18F4N4O2. The van der Waals surface area contributed by atoms with Gasteiger partial charge >= 0.3 is 6.18 Å². The van der Waals surface area contributed by atoms with Crippen LogP contribution in [0.15, 0.2) is 73.1 Å². The van der Waals surface area contributed by atoms with Gasteiger partial charge in [-0.1, -0.05) is 12.1 Å². The van der Waals surface area contributed by atoms with Gasteiger partial charge in [-0.3, -0.25) is 9.78 Å². The number of H-pyrrole nitrogens is 1. The summed E-state index contributed by atoms with van der Waals surface area (Å²) in [6.45, 7) is 1.88. The Kier molecular flexibility index (Phi) is 6.63. The minimum atomic E-state index is -4.87. The van der Waals surface area contributed by atoms with E-state index in [0.29, 0.717) is 40.7 Å². The number of hydrogen-bond donors (Lipinski definition) is 2. The number of rotatable bonds is 6. The van der Waals surface area contributed by atoms with Gasteiger partial charge in [-0.15, -0.1) is 0 Å². The maximum atomic E-state index is 13.4. The molecule has 0 radical (unpaired) electrons. The Hall–Kier alpha value is -4.47. The van der Waals surface area contributed by atoms with Crippen LogP contribution in [0.1, 0.15) is 16.8 Å². The van der Waals surface area contributed by atoms with E-state index in [0.717, 1.165) is 17.8 Å².